The van der Waals surface area contributed by atoms with Gasteiger partial charge < -0.3 is 5.32 Å². The van der Waals surface area contributed by atoms with Crippen LogP contribution in [0, 0.1) is 6.92 Å². The summed E-state index contributed by atoms with van der Waals surface area (Å²) >= 11 is 1.82. The van der Waals surface area contributed by atoms with E-state index in [1.807, 2.05) is 11.3 Å². The number of hydrogen-bond acceptors (Lipinski definition) is 3. The van der Waals surface area contributed by atoms with Gasteiger partial charge in [0.1, 0.15) is 0 Å². The predicted octanol–water partition coefficient (Wildman–Crippen LogP) is 1.49. The molecule has 1 aliphatic rings. The van der Waals surface area contributed by atoms with Crippen molar-refractivity contribution in [3.8, 4) is 0 Å². The predicted molar refractivity (Wildman–Crippen MR) is 46.9 cm³/mol. The molecule has 0 spiro atoms. The monoisotopic (exact) mass is 168 g/mol. The molecule has 0 aliphatic carbocycles. The van der Waals surface area contributed by atoms with Crippen molar-refractivity contribution < 1.29 is 0 Å². The molecule has 1 N–H and O–H groups in total. The Morgan fingerprint density at radius 1 is 1.64 bits per heavy atom. The van der Waals surface area contributed by atoms with E-state index in [4.69, 9.17) is 0 Å². The highest BCUT2D eigenvalue weighted by atomic mass is 32.1. The molecule has 0 aromatic carbocycles. The molecule has 2 heterocycles. The van der Waals surface area contributed by atoms with Crippen molar-refractivity contribution >= 4 is 11.3 Å². The summed E-state index contributed by atoms with van der Waals surface area (Å²) in [5.74, 6) is 0. The van der Waals surface area contributed by atoms with Crippen molar-refractivity contribution in [1.82, 2.24) is 10.3 Å². The maximum Gasteiger partial charge on any atom is 0.0900 e. The Kier molecular flexibility index (Phi) is 1.69. The Labute approximate surface area is 70.7 Å². The smallest absolute Gasteiger partial charge is 0.0900 e. The largest absolute Gasteiger partial charge is 0.309 e. The molecule has 3 heteroatoms. The lowest BCUT2D eigenvalue weighted by atomic mass is 10.1. The van der Waals surface area contributed by atoms with E-state index in [0.717, 1.165) is 13.0 Å². The van der Waals surface area contributed by atoms with Crippen LogP contribution in [0.4, 0.5) is 0 Å². The van der Waals surface area contributed by atoms with E-state index in [-0.39, 0.29) is 0 Å². The van der Waals surface area contributed by atoms with Gasteiger partial charge in [-0.05, 0) is 13.8 Å². The van der Waals surface area contributed by atoms with Crippen LogP contribution in [0.5, 0.6) is 0 Å². The first-order valence-corrected chi connectivity index (χ1v) is 4.76. The van der Waals surface area contributed by atoms with Crippen molar-refractivity contribution in [3.63, 3.8) is 0 Å². The number of thiazole rings is 1. The van der Waals surface area contributed by atoms with E-state index in [2.05, 4.69) is 24.1 Å². The van der Waals surface area contributed by atoms with E-state index < -0.39 is 0 Å². The molecule has 0 amide bonds. The summed E-state index contributed by atoms with van der Waals surface area (Å²) in [6, 6.07) is 0.601. The van der Waals surface area contributed by atoms with Crippen LogP contribution in [0.3, 0.4) is 0 Å². The fourth-order valence-corrected chi connectivity index (χ4v) is 2.35. The Hall–Kier alpha value is -0.410. The van der Waals surface area contributed by atoms with Gasteiger partial charge in [0.05, 0.1) is 10.7 Å². The second-order valence-electron chi connectivity index (χ2n) is 3.09. The molecule has 0 bridgehead atoms. The molecule has 1 aliphatic heterocycles. The number of nitrogens with zero attached hydrogens (tertiary/aromatic N) is 1. The molecule has 1 aromatic heterocycles. The van der Waals surface area contributed by atoms with Gasteiger partial charge in [0, 0.05) is 23.9 Å². The highest BCUT2D eigenvalue weighted by Gasteiger charge is 2.17. The standard InChI is InChI=1S/C8H12N2S/c1-5-3-7-8(4-9-5)11-6(2)10-7/h5,9H,3-4H2,1-2H3. The second-order valence-corrected chi connectivity index (χ2v) is 4.38. The van der Waals surface area contributed by atoms with Gasteiger partial charge in [-0.2, -0.15) is 0 Å². The highest BCUT2D eigenvalue weighted by Crippen LogP contribution is 2.22. The first kappa shape index (κ1) is 7.25. The average Bonchev–Trinajstić information content (AvgIpc) is 2.27. The van der Waals surface area contributed by atoms with E-state index in [1.165, 1.54) is 15.6 Å². The van der Waals surface area contributed by atoms with Gasteiger partial charge in [-0.3, -0.25) is 0 Å². The lowest BCUT2D eigenvalue weighted by molar-refractivity contribution is 0.512. The summed E-state index contributed by atoms with van der Waals surface area (Å²) in [7, 11) is 0. The first-order chi connectivity index (χ1) is 5.25. The zero-order valence-corrected chi connectivity index (χ0v) is 7.66. The summed E-state index contributed by atoms with van der Waals surface area (Å²) in [6.45, 7) is 5.30. The molecule has 1 aromatic rings. The number of hydrogen-bond donors (Lipinski definition) is 1. The van der Waals surface area contributed by atoms with Crippen molar-refractivity contribution in [2.24, 2.45) is 0 Å². The zero-order chi connectivity index (χ0) is 7.84. The van der Waals surface area contributed by atoms with Crippen molar-refractivity contribution in [1.29, 1.82) is 0 Å². The van der Waals surface area contributed by atoms with Gasteiger partial charge in [0.15, 0.2) is 0 Å². The number of nitrogens with one attached hydrogen (secondary N) is 1. The maximum absolute atomic E-state index is 4.48. The molecule has 2 rings (SSSR count). The third kappa shape index (κ3) is 1.30. The van der Waals surface area contributed by atoms with Gasteiger partial charge in [-0.15, -0.1) is 11.3 Å². The van der Waals surface area contributed by atoms with Crippen LogP contribution in [0.25, 0.3) is 0 Å². The Balaban J connectivity index is 2.34. The molecular weight excluding hydrogens is 156 g/mol. The van der Waals surface area contributed by atoms with Crippen LogP contribution >= 0.6 is 11.3 Å². The molecule has 11 heavy (non-hydrogen) atoms. The number of rotatable bonds is 0. The fourth-order valence-electron chi connectivity index (χ4n) is 1.44. The molecule has 0 saturated carbocycles. The minimum atomic E-state index is 0.601. The van der Waals surface area contributed by atoms with Gasteiger partial charge >= 0.3 is 0 Å². The van der Waals surface area contributed by atoms with Crippen LogP contribution < -0.4 is 5.32 Å². The first-order valence-electron chi connectivity index (χ1n) is 3.94. The van der Waals surface area contributed by atoms with Crippen molar-refractivity contribution in [2.45, 2.75) is 32.9 Å². The topological polar surface area (TPSA) is 24.9 Å². The minimum absolute atomic E-state index is 0.601. The maximum atomic E-state index is 4.48. The number of aromatic nitrogens is 1. The normalized spacial score (nSPS) is 23.3. The summed E-state index contributed by atoms with van der Waals surface area (Å²) in [5, 5.41) is 4.62. The summed E-state index contributed by atoms with van der Waals surface area (Å²) < 4.78 is 0. The molecule has 0 radical (unpaired) electrons. The minimum Gasteiger partial charge on any atom is -0.309 e. The van der Waals surface area contributed by atoms with Crippen molar-refractivity contribution in [3.05, 3.63) is 15.6 Å². The van der Waals surface area contributed by atoms with Crippen LogP contribution in [0.15, 0.2) is 0 Å². The van der Waals surface area contributed by atoms with Crippen LogP contribution in [0.1, 0.15) is 22.5 Å². The Morgan fingerprint density at radius 2 is 2.45 bits per heavy atom. The molecule has 2 nitrogen and oxygen atoms in total. The van der Waals surface area contributed by atoms with E-state index in [1.54, 1.807) is 0 Å². The van der Waals surface area contributed by atoms with Crippen molar-refractivity contribution in [2.75, 3.05) is 0 Å². The van der Waals surface area contributed by atoms with Gasteiger partial charge in [0.2, 0.25) is 0 Å². The summed E-state index contributed by atoms with van der Waals surface area (Å²) in [6.07, 6.45) is 1.10. The van der Waals surface area contributed by atoms with Gasteiger partial charge in [-0.1, -0.05) is 0 Å². The lowest BCUT2D eigenvalue weighted by Gasteiger charge is -2.18. The fraction of sp³-hybridized carbons (Fsp3) is 0.625. The quantitative estimate of drug-likeness (QED) is 0.635. The molecule has 0 fully saturated rings. The van der Waals surface area contributed by atoms with Gasteiger partial charge in [-0.25, -0.2) is 4.98 Å². The van der Waals surface area contributed by atoms with E-state index in [0.29, 0.717) is 6.04 Å². The molecule has 1 unspecified atom stereocenters. The van der Waals surface area contributed by atoms with Crippen LogP contribution in [-0.2, 0) is 13.0 Å². The van der Waals surface area contributed by atoms with E-state index >= 15 is 0 Å². The SMILES string of the molecule is Cc1nc2c(s1)CNC(C)C2. The van der Waals surface area contributed by atoms with Crippen LogP contribution in [0.2, 0.25) is 0 Å². The Morgan fingerprint density at radius 3 is 3.27 bits per heavy atom. The van der Waals surface area contributed by atoms with Crippen LogP contribution in [-0.4, -0.2) is 11.0 Å². The molecule has 1 atom stereocenters. The summed E-state index contributed by atoms with van der Waals surface area (Å²) in [4.78, 5) is 5.91. The molecule has 60 valence electrons. The Bertz CT molecular complexity index is 267. The summed E-state index contributed by atoms with van der Waals surface area (Å²) in [5.41, 5.74) is 1.32. The third-order valence-corrected chi connectivity index (χ3v) is 3.01. The third-order valence-electron chi connectivity index (χ3n) is 2.00. The lowest BCUT2D eigenvalue weighted by Crippen LogP contribution is -2.32. The molecule has 0 saturated heterocycles. The molecular formula is C8H12N2S. The number of aryl methyl sites for hydroxylation is 1. The van der Waals surface area contributed by atoms with Gasteiger partial charge in [0.25, 0.3) is 0 Å². The number of fused-ring (bicyclic) bond motifs is 1. The highest BCUT2D eigenvalue weighted by molar-refractivity contribution is 7.11. The average molecular weight is 168 g/mol. The second kappa shape index (κ2) is 2.57. The van der Waals surface area contributed by atoms with E-state index in [9.17, 15) is 0 Å². The zero-order valence-electron chi connectivity index (χ0n) is 6.85.